The monoisotopic (exact) mass is 385 g/mol. The summed E-state index contributed by atoms with van der Waals surface area (Å²) in [4.78, 5) is 27.3. The molecule has 1 spiro atoms. The molecule has 0 amide bonds. The number of aromatic nitrogens is 2. The second kappa shape index (κ2) is 7.73. The molecule has 2 saturated heterocycles. The van der Waals surface area contributed by atoms with Crippen LogP contribution in [0.4, 0.5) is 5.69 Å². The van der Waals surface area contributed by atoms with E-state index in [9.17, 15) is 9.59 Å². The van der Waals surface area contributed by atoms with E-state index >= 15 is 0 Å². The molecule has 1 aromatic carbocycles. The van der Waals surface area contributed by atoms with Crippen LogP contribution in [0.1, 0.15) is 30.3 Å². The SMILES string of the molecule is CCOC(=O)c1nn(-c2ccccc2)c(=O)cc1N1CCC2(CC1)OCCO2. The molecule has 28 heavy (non-hydrogen) atoms. The summed E-state index contributed by atoms with van der Waals surface area (Å²) in [7, 11) is 0. The number of carbonyl (C=O) groups is 1. The predicted molar refractivity (Wildman–Crippen MR) is 102 cm³/mol. The Morgan fingerprint density at radius 1 is 1.18 bits per heavy atom. The summed E-state index contributed by atoms with van der Waals surface area (Å²) in [5, 5.41) is 4.35. The highest BCUT2D eigenvalue weighted by molar-refractivity contribution is 5.93. The second-order valence-electron chi connectivity index (χ2n) is 6.78. The molecule has 2 aromatic rings. The number of ether oxygens (including phenoxy) is 3. The molecule has 2 aliphatic heterocycles. The number of esters is 1. The highest BCUT2D eigenvalue weighted by Gasteiger charge is 2.40. The Bertz CT molecular complexity index is 896. The summed E-state index contributed by atoms with van der Waals surface area (Å²) in [6.07, 6.45) is 1.33. The van der Waals surface area contributed by atoms with E-state index in [4.69, 9.17) is 14.2 Å². The Hall–Kier alpha value is -2.71. The largest absolute Gasteiger partial charge is 0.461 e. The summed E-state index contributed by atoms with van der Waals surface area (Å²) in [6, 6.07) is 10.5. The van der Waals surface area contributed by atoms with Gasteiger partial charge in [-0.05, 0) is 19.1 Å². The van der Waals surface area contributed by atoms with Gasteiger partial charge in [-0.15, -0.1) is 0 Å². The van der Waals surface area contributed by atoms with Crippen LogP contribution in [0.3, 0.4) is 0 Å². The number of hydrogen-bond donors (Lipinski definition) is 0. The van der Waals surface area contributed by atoms with E-state index in [0.717, 1.165) is 0 Å². The molecule has 0 radical (unpaired) electrons. The Balaban J connectivity index is 1.69. The quantitative estimate of drug-likeness (QED) is 0.742. The number of piperidine rings is 1. The molecule has 3 heterocycles. The molecule has 148 valence electrons. The summed E-state index contributed by atoms with van der Waals surface area (Å²) < 4.78 is 17.9. The molecule has 8 nitrogen and oxygen atoms in total. The number of carbonyl (C=O) groups excluding carboxylic acids is 1. The average Bonchev–Trinajstić information content (AvgIpc) is 3.17. The van der Waals surface area contributed by atoms with Crippen molar-refractivity contribution >= 4 is 11.7 Å². The maximum absolute atomic E-state index is 12.7. The Labute approximate surface area is 162 Å². The molecule has 0 bridgehead atoms. The van der Waals surface area contributed by atoms with E-state index in [0.29, 0.717) is 50.5 Å². The Morgan fingerprint density at radius 2 is 1.86 bits per heavy atom. The maximum Gasteiger partial charge on any atom is 0.360 e. The predicted octanol–water partition coefficient (Wildman–Crippen LogP) is 1.75. The van der Waals surface area contributed by atoms with Crippen LogP contribution < -0.4 is 10.5 Å². The average molecular weight is 385 g/mol. The van der Waals surface area contributed by atoms with Gasteiger partial charge >= 0.3 is 5.97 Å². The van der Waals surface area contributed by atoms with Gasteiger partial charge in [-0.1, -0.05) is 18.2 Å². The van der Waals surface area contributed by atoms with Crippen LogP contribution in [0.15, 0.2) is 41.2 Å². The highest BCUT2D eigenvalue weighted by atomic mass is 16.7. The van der Waals surface area contributed by atoms with Gasteiger partial charge in [0, 0.05) is 32.0 Å². The lowest BCUT2D eigenvalue weighted by atomic mass is 10.0. The lowest BCUT2D eigenvalue weighted by molar-refractivity contribution is -0.169. The topological polar surface area (TPSA) is 82.9 Å². The lowest BCUT2D eigenvalue weighted by Crippen LogP contribution is -2.46. The number of anilines is 1. The molecule has 0 N–H and O–H groups in total. The Kier molecular flexibility index (Phi) is 5.15. The minimum atomic E-state index is -0.546. The number of benzene rings is 1. The van der Waals surface area contributed by atoms with Crippen molar-refractivity contribution in [3.05, 3.63) is 52.4 Å². The van der Waals surface area contributed by atoms with E-state index in [1.165, 1.54) is 10.7 Å². The zero-order valence-electron chi connectivity index (χ0n) is 15.8. The molecule has 0 atom stereocenters. The van der Waals surface area contributed by atoms with Crippen LogP contribution in [0.25, 0.3) is 5.69 Å². The van der Waals surface area contributed by atoms with Crippen molar-refractivity contribution in [3.8, 4) is 5.69 Å². The zero-order chi connectivity index (χ0) is 19.6. The first-order valence-electron chi connectivity index (χ1n) is 9.52. The van der Waals surface area contributed by atoms with Crippen molar-refractivity contribution in [2.75, 3.05) is 37.8 Å². The van der Waals surface area contributed by atoms with Crippen LogP contribution >= 0.6 is 0 Å². The number of hydrogen-bond acceptors (Lipinski definition) is 7. The standard InChI is InChI=1S/C20H23N3O5/c1-2-26-19(25)18-16(22-10-8-20(9-11-22)27-12-13-28-20)14-17(24)23(21-18)15-6-4-3-5-7-15/h3-7,14H,2,8-13H2,1H3. The minimum absolute atomic E-state index is 0.134. The van der Waals surface area contributed by atoms with Gasteiger partial charge in [0.25, 0.3) is 5.56 Å². The molecular weight excluding hydrogens is 362 g/mol. The normalized spacial score (nSPS) is 18.4. The molecule has 2 fully saturated rings. The van der Waals surface area contributed by atoms with Crippen molar-refractivity contribution in [3.63, 3.8) is 0 Å². The highest BCUT2D eigenvalue weighted by Crippen LogP contribution is 2.33. The third-order valence-electron chi connectivity index (χ3n) is 5.06. The number of rotatable bonds is 4. The van der Waals surface area contributed by atoms with Gasteiger partial charge in [0.15, 0.2) is 11.5 Å². The molecule has 0 unspecified atom stereocenters. The van der Waals surface area contributed by atoms with Gasteiger partial charge in [0.05, 0.1) is 31.2 Å². The fourth-order valence-electron chi connectivity index (χ4n) is 3.66. The van der Waals surface area contributed by atoms with E-state index in [-0.39, 0.29) is 17.9 Å². The van der Waals surface area contributed by atoms with E-state index in [1.54, 1.807) is 19.1 Å². The van der Waals surface area contributed by atoms with Gasteiger partial charge in [-0.2, -0.15) is 9.78 Å². The van der Waals surface area contributed by atoms with Crippen molar-refractivity contribution in [2.45, 2.75) is 25.6 Å². The van der Waals surface area contributed by atoms with E-state index < -0.39 is 11.8 Å². The molecule has 0 saturated carbocycles. The maximum atomic E-state index is 12.7. The third kappa shape index (κ3) is 3.53. The molecule has 2 aliphatic rings. The summed E-state index contributed by atoms with van der Waals surface area (Å²) in [6.45, 7) is 4.37. The van der Waals surface area contributed by atoms with Crippen LogP contribution in [-0.4, -0.2) is 54.4 Å². The summed E-state index contributed by atoms with van der Waals surface area (Å²) in [5.41, 5.74) is 0.913. The van der Waals surface area contributed by atoms with E-state index in [2.05, 4.69) is 5.10 Å². The van der Waals surface area contributed by atoms with Gasteiger partial charge in [0.2, 0.25) is 0 Å². The summed E-state index contributed by atoms with van der Waals surface area (Å²) in [5.74, 6) is -1.08. The van der Waals surface area contributed by atoms with Crippen molar-refractivity contribution < 1.29 is 19.0 Å². The first-order valence-corrected chi connectivity index (χ1v) is 9.52. The van der Waals surface area contributed by atoms with Crippen molar-refractivity contribution in [1.29, 1.82) is 0 Å². The van der Waals surface area contributed by atoms with Gasteiger partial charge in [-0.3, -0.25) is 4.79 Å². The van der Waals surface area contributed by atoms with Gasteiger partial charge in [0.1, 0.15) is 0 Å². The minimum Gasteiger partial charge on any atom is -0.461 e. The van der Waals surface area contributed by atoms with Crippen molar-refractivity contribution in [1.82, 2.24) is 9.78 Å². The first-order chi connectivity index (χ1) is 13.6. The van der Waals surface area contributed by atoms with E-state index in [1.807, 2.05) is 23.1 Å². The molecule has 4 rings (SSSR count). The fraction of sp³-hybridized carbons (Fsp3) is 0.450. The third-order valence-corrected chi connectivity index (χ3v) is 5.06. The van der Waals surface area contributed by atoms with Crippen molar-refractivity contribution in [2.24, 2.45) is 0 Å². The zero-order valence-corrected chi connectivity index (χ0v) is 15.8. The lowest BCUT2D eigenvalue weighted by Gasteiger charge is -2.38. The van der Waals surface area contributed by atoms with Gasteiger partial charge < -0.3 is 19.1 Å². The number of nitrogens with zero attached hydrogens (tertiary/aromatic N) is 3. The molecule has 0 aliphatic carbocycles. The fourth-order valence-corrected chi connectivity index (χ4v) is 3.66. The molecule has 1 aromatic heterocycles. The number of para-hydroxylation sites is 1. The van der Waals surface area contributed by atoms with Crippen LogP contribution in [0.2, 0.25) is 0 Å². The first kappa shape index (κ1) is 18.6. The van der Waals surface area contributed by atoms with Crippen LogP contribution in [-0.2, 0) is 14.2 Å². The summed E-state index contributed by atoms with van der Waals surface area (Å²) >= 11 is 0. The molecular formula is C20H23N3O5. The molecule has 8 heteroatoms. The smallest absolute Gasteiger partial charge is 0.360 e. The van der Waals surface area contributed by atoms with Crippen LogP contribution in [0, 0.1) is 0 Å². The second-order valence-corrected chi connectivity index (χ2v) is 6.78. The van der Waals surface area contributed by atoms with Crippen LogP contribution in [0.5, 0.6) is 0 Å². The Morgan fingerprint density at radius 3 is 2.50 bits per heavy atom. The van der Waals surface area contributed by atoms with Gasteiger partial charge in [-0.25, -0.2) is 4.79 Å².